The first kappa shape index (κ1) is 17.7. The Morgan fingerprint density at radius 1 is 1.38 bits per heavy atom. The predicted octanol–water partition coefficient (Wildman–Crippen LogP) is 2.51. The zero-order valence-electron chi connectivity index (χ0n) is 12.6. The van der Waals surface area contributed by atoms with Crippen LogP contribution in [0.4, 0.5) is 19.0 Å². The smallest absolute Gasteiger partial charge is 0.383 e. The first-order valence-electron chi connectivity index (χ1n) is 6.76. The molecule has 0 radical (unpaired) electrons. The van der Waals surface area contributed by atoms with Crippen LogP contribution >= 0.6 is 0 Å². The number of ether oxygens (including phenoxy) is 1. The van der Waals surface area contributed by atoms with Crippen LogP contribution in [0.2, 0.25) is 0 Å². The van der Waals surface area contributed by atoms with E-state index in [9.17, 15) is 13.2 Å². The molecule has 0 saturated heterocycles. The third kappa shape index (κ3) is 6.77. The van der Waals surface area contributed by atoms with Crippen molar-refractivity contribution in [3.05, 3.63) is 23.4 Å². The highest BCUT2D eigenvalue weighted by Crippen LogP contribution is 2.22. The third-order valence-corrected chi connectivity index (χ3v) is 3.01. The summed E-state index contributed by atoms with van der Waals surface area (Å²) in [5, 5.41) is 3.20. The zero-order chi connectivity index (χ0) is 15.9. The Morgan fingerprint density at radius 3 is 2.67 bits per heavy atom. The van der Waals surface area contributed by atoms with E-state index >= 15 is 0 Å². The third-order valence-electron chi connectivity index (χ3n) is 3.01. The van der Waals surface area contributed by atoms with E-state index in [0.29, 0.717) is 19.0 Å². The fraction of sp³-hybridized carbons (Fsp3) is 0.643. The molecule has 7 heteroatoms. The Hall–Kier alpha value is -1.34. The van der Waals surface area contributed by atoms with Crippen molar-refractivity contribution in [1.29, 1.82) is 0 Å². The number of hydrogen-bond donors (Lipinski definition) is 1. The first-order chi connectivity index (χ1) is 9.83. The fourth-order valence-electron chi connectivity index (χ4n) is 1.93. The Balaban J connectivity index is 2.56. The van der Waals surface area contributed by atoms with Crippen molar-refractivity contribution in [2.45, 2.75) is 26.1 Å². The largest absolute Gasteiger partial charge is 0.390 e. The van der Waals surface area contributed by atoms with Crippen molar-refractivity contribution >= 4 is 5.82 Å². The molecule has 0 aliphatic heterocycles. The number of aromatic nitrogens is 1. The number of alkyl halides is 3. The molecule has 0 fully saturated rings. The van der Waals surface area contributed by atoms with Crippen LogP contribution in [0.25, 0.3) is 0 Å². The highest BCUT2D eigenvalue weighted by Gasteiger charge is 2.27. The molecule has 0 amide bonds. The standard InChI is InChI=1S/C14H22F3N3O/c1-11-8-12(9-18-5-7-21-3)10-19-13(11)20(2)6-4-14(15,16)17/h8,10,18H,4-7,9H2,1-3H3. The Kier molecular flexibility index (Phi) is 6.91. The lowest BCUT2D eigenvalue weighted by Crippen LogP contribution is -2.25. The number of halogens is 3. The number of nitrogens with one attached hydrogen (secondary N) is 1. The van der Waals surface area contributed by atoms with Gasteiger partial charge in [-0.05, 0) is 24.1 Å². The maximum Gasteiger partial charge on any atom is 0.390 e. The number of methoxy groups -OCH3 is 1. The highest BCUT2D eigenvalue weighted by molar-refractivity contribution is 5.46. The first-order valence-corrected chi connectivity index (χ1v) is 6.76. The zero-order valence-corrected chi connectivity index (χ0v) is 12.6. The summed E-state index contributed by atoms with van der Waals surface area (Å²) in [5.41, 5.74) is 1.86. The second-order valence-corrected chi connectivity index (χ2v) is 4.94. The molecule has 0 aliphatic rings. The van der Waals surface area contributed by atoms with Crippen LogP contribution in [-0.2, 0) is 11.3 Å². The van der Waals surface area contributed by atoms with E-state index in [1.807, 2.05) is 13.0 Å². The summed E-state index contributed by atoms with van der Waals surface area (Å²) >= 11 is 0. The Labute approximate surface area is 123 Å². The molecule has 0 aliphatic carbocycles. The van der Waals surface area contributed by atoms with Crippen LogP contribution in [0.1, 0.15) is 17.5 Å². The number of rotatable bonds is 8. The minimum atomic E-state index is -4.15. The number of aryl methyl sites for hydroxylation is 1. The summed E-state index contributed by atoms with van der Waals surface area (Å²) in [6, 6.07) is 1.94. The van der Waals surface area contributed by atoms with E-state index in [1.54, 1.807) is 20.4 Å². The summed E-state index contributed by atoms with van der Waals surface area (Å²) < 4.78 is 41.6. The fourth-order valence-corrected chi connectivity index (χ4v) is 1.93. The molecule has 1 aromatic rings. The number of pyridine rings is 1. The molecule has 21 heavy (non-hydrogen) atoms. The van der Waals surface area contributed by atoms with E-state index in [4.69, 9.17) is 4.74 Å². The minimum absolute atomic E-state index is 0.0945. The number of hydrogen-bond acceptors (Lipinski definition) is 4. The minimum Gasteiger partial charge on any atom is -0.383 e. The van der Waals surface area contributed by atoms with Gasteiger partial charge in [0.05, 0.1) is 13.0 Å². The van der Waals surface area contributed by atoms with Gasteiger partial charge < -0.3 is 15.0 Å². The van der Waals surface area contributed by atoms with Gasteiger partial charge in [-0.2, -0.15) is 13.2 Å². The molecule has 1 heterocycles. The molecule has 0 spiro atoms. The lowest BCUT2D eigenvalue weighted by Gasteiger charge is -2.21. The highest BCUT2D eigenvalue weighted by atomic mass is 19.4. The molecule has 1 aromatic heterocycles. The van der Waals surface area contributed by atoms with Crippen LogP contribution in [0.5, 0.6) is 0 Å². The average Bonchev–Trinajstić information content (AvgIpc) is 2.40. The summed E-state index contributed by atoms with van der Waals surface area (Å²) in [4.78, 5) is 5.80. The van der Waals surface area contributed by atoms with Gasteiger partial charge in [0.25, 0.3) is 0 Å². The van der Waals surface area contributed by atoms with Gasteiger partial charge in [-0.1, -0.05) is 0 Å². The predicted molar refractivity (Wildman–Crippen MR) is 76.5 cm³/mol. The van der Waals surface area contributed by atoms with E-state index in [2.05, 4.69) is 10.3 Å². The van der Waals surface area contributed by atoms with E-state index in [0.717, 1.165) is 17.7 Å². The van der Waals surface area contributed by atoms with Crippen molar-refractivity contribution in [2.75, 3.05) is 38.8 Å². The number of nitrogens with zero attached hydrogens (tertiary/aromatic N) is 2. The van der Waals surface area contributed by atoms with Crippen molar-refractivity contribution in [1.82, 2.24) is 10.3 Å². The molecule has 0 bridgehead atoms. The van der Waals surface area contributed by atoms with Gasteiger partial charge in [0.1, 0.15) is 5.82 Å². The van der Waals surface area contributed by atoms with Gasteiger partial charge in [-0.15, -0.1) is 0 Å². The van der Waals surface area contributed by atoms with Crippen molar-refractivity contribution in [2.24, 2.45) is 0 Å². The molecule has 0 saturated carbocycles. The summed E-state index contributed by atoms with van der Waals surface area (Å²) in [6.07, 6.45) is -3.30. The quantitative estimate of drug-likeness (QED) is 0.749. The number of anilines is 1. The average molecular weight is 305 g/mol. The van der Waals surface area contributed by atoms with Gasteiger partial charge in [0.15, 0.2) is 0 Å². The second-order valence-electron chi connectivity index (χ2n) is 4.94. The molecule has 1 rings (SSSR count). The molecule has 0 aromatic carbocycles. The van der Waals surface area contributed by atoms with Crippen molar-refractivity contribution in [3.8, 4) is 0 Å². The molecule has 0 atom stereocenters. The van der Waals surface area contributed by atoms with Gasteiger partial charge in [0.2, 0.25) is 0 Å². The molecule has 4 nitrogen and oxygen atoms in total. The van der Waals surface area contributed by atoms with Crippen LogP contribution in [0.15, 0.2) is 12.3 Å². The van der Waals surface area contributed by atoms with Crippen molar-refractivity contribution < 1.29 is 17.9 Å². The maximum absolute atomic E-state index is 12.2. The van der Waals surface area contributed by atoms with Gasteiger partial charge >= 0.3 is 6.18 Å². The molecular weight excluding hydrogens is 283 g/mol. The van der Waals surface area contributed by atoms with E-state index in [-0.39, 0.29) is 6.54 Å². The molecular formula is C14H22F3N3O. The van der Waals surface area contributed by atoms with E-state index < -0.39 is 12.6 Å². The van der Waals surface area contributed by atoms with Crippen LogP contribution in [0, 0.1) is 6.92 Å². The molecule has 0 unspecified atom stereocenters. The Bertz CT molecular complexity index is 438. The SMILES string of the molecule is COCCNCc1cnc(N(C)CCC(F)(F)F)c(C)c1. The van der Waals surface area contributed by atoms with Gasteiger partial charge in [-0.3, -0.25) is 0 Å². The van der Waals surface area contributed by atoms with Crippen LogP contribution in [-0.4, -0.2) is 45.0 Å². The molecule has 1 N–H and O–H groups in total. The van der Waals surface area contributed by atoms with E-state index in [1.165, 1.54) is 4.90 Å². The van der Waals surface area contributed by atoms with Crippen molar-refractivity contribution in [3.63, 3.8) is 0 Å². The lowest BCUT2D eigenvalue weighted by molar-refractivity contribution is -0.132. The molecule has 120 valence electrons. The van der Waals surface area contributed by atoms with Gasteiger partial charge in [0, 0.05) is 40.0 Å². The summed E-state index contributed by atoms with van der Waals surface area (Å²) in [6.45, 7) is 3.78. The van der Waals surface area contributed by atoms with Gasteiger partial charge in [-0.25, -0.2) is 4.98 Å². The summed E-state index contributed by atoms with van der Waals surface area (Å²) in [7, 11) is 3.26. The van der Waals surface area contributed by atoms with Crippen LogP contribution in [0.3, 0.4) is 0 Å². The topological polar surface area (TPSA) is 37.4 Å². The monoisotopic (exact) mass is 305 g/mol. The summed E-state index contributed by atoms with van der Waals surface area (Å²) in [5.74, 6) is 0.583. The maximum atomic E-state index is 12.2. The normalized spacial score (nSPS) is 11.7. The second kappa shape index (κ2) is 8.19. The van der Waals surface area contributed by atoms with Crippen LogP contribution < -0.4 is 10.2 Å². The Morgan fingerprint density at radius 2 is 2.10 bits per heavy atom. The lowest BCUT2D eigenvalue weighted by atomic mass is 10.2.